The fraction of sp³-hybridized carbons (Fsp3) is 0.938. The van der Waals surface area contributed by atoms with Crippen LogP contribution in [-0.2, 0) is 9.53 Å². The lowest BCUT2D eigenvalue weighted by Gasteiger charge is -2.12. The number of aliphatic hydroxyl groups is 1. The molecule has 126 valence electrons. The minimum Gasteiger partial charge on any atom is -0.389 e. The van der Waals surface area contributed by atoms with E-state index in [1.165, 1.54) is 32.1 Å². The van der Waals surface area contributed by atoms with E-state index in [4.69, 9.17) is 10.5 Å². The Morgan fingerprint density at radius 2 is 1.86 bits per heavy atom. The Morgan fingerprint density at radius 1 is 1.14 bits per heavy atom. The molecule has 0 aliphatic rings. The lowest BCUT2D eigenvalue weighted by molar-refractivity contribution is -0.118. The van der Waals surface area contributed by atoms with E-state index in [0.717, 1.165) is 32.4 Å². The van der Waals surface area contributed by atoms with Crippen molar-refractivity contribution in [2.24, 2.45) is 5.73 Å². The second kappa shape index (κ2) is 15.7. The third-order valence-electron chi connectivity index (χ3n) is 3.36. The summed E-state index contributed by atoms with van der Waals surface area (Å²) in [5, 5.41) is 12.9. The van der Waals surface area contributed by atoms with E-state index in [-0.39, 0.29) is 5.91 Å². The predicted molar refractivity (Wildman–Crippen MR) is 86.1 cm³/mol. The van der Waals surface area contributed by atoms with E-state index in [2.05, 4.69) is 12.2 Å². The number of hydrogen-bond donors (Lipinski definition) is 3. The predicted octanol–water partition coefficient (Wildman–Crippen LogP) is 1.97. The molecule has 1 amide bonds. The van der Waals surface area contributed by atoms with Crippen LogP contribution in [0.4, 0.5) is 0 Å². The number of hydrogen-bond acceptors (Lipinski definition) is 4. The van der Waals surface area contributed by atoms with Crippen molar-refractivity contribution in [2.45, 2.75) is 70.8 Å². The molecule has 0 bridgehead atoms. The molecular formula is C16H34N2O3. The maximum atomic E-state index is 10.5. The van der Waals surface area contributed by atoms with Crippen LogP contribution in [0.3, 0.4) is 0 Å². The molecule has 0 rings (SSSR count). The molecule has 0 aromatic carbocycles. The summed E-state index contributed by atoms with van der Waals surface area (Å²) >= 11 is 0. The van der Waals surface area contributed by atoms with Crippen LogP contribution in [0, 0.1) is 0 Å². The fourth-order valence-corrected chi connectivity index (χ4v) is 2.08. The lowest BCUT2D eigenvalue weighted by Crippen LogP contribution is -2.31. The second-order valence-corrected chi connectivity index (χ2v) is 5.62. The van der Waals surface area contributed by atoms with Crippen molar-refractivity contribution >= 4 is 5.91 Å². The fourth-order valence-electron chi connectivity index (χ4n) is 2.08. The van der Waals surface area contributed by atoms with Gasteiger partial charge in [0, 0.05) is 19.6 Å². The molecule has 0 saturated carbocycles. The monoisotopic (exact) mass is 302 g/mol. The highest BCUT2D eigenvalue weighted by Gasteiger charge is 2.03. The molecule has 0 aliphatic carbocycles. The van der Waals surface area contributed by atoms with Crippen LogP contribution in [0.2, 0.25) is 0 Å². The normalized spacial score (nSPS) is 12.5. The Labute approximate surface area is 129 Å². The van der Waals surface area contributed by atoms with E-state index in [1.807, 2.05) is 0 Å². The molecule has 5 nitrogen and oxygen atoms in total. The average molecular weight is 302 g/mol. The van der Waals surface area contributed by atoms with Crippen LogP contribution in [-0.4, -0.2) is 43.4 Å². The Kier molecular flexibility index (Phi) is 15.2. The Bertz CT molecular complexity index is 238. The molecule has 0 heterocycles. The zero-order valence-corrected chi connectivity index (χ0v) is 13.6. The van der Waals surface area contributed by atoms with Crippen molar-refractivity contribution in [3.63, 3.8) is 0 Å². The molecule has 0 aromatic heterocycles. The van der Waals surface area contributed by atoms with Gasteiger partial charge in [-0.2, -0.15) is 0 Å². The number of nitrogens with two attached hydrogens (primary N) is 1. The van der Waals surface area contributed by atoms with Crippen LogP contribution in [0.25, 0.3) is 0 Å². The molecule has 0 saturated heterocycles. The van der Waals surface area contributed by atoms with Gasteiger partial charge in [-0.05, 0) is 25.8 Å². The van der Waals surface area contributed by atoms with Gasteiger partial charge in [-0.1, -0.05) is 39.0 Å². The molecule has 21 heavy (non-hydrogen) atoms. The summed E-state index contributed by atoms with van der Waals surface area (Å²) in [5.41, 5.74) is 5.05. The van der Waals surface area contributed by atoms with Crippen molar-refractivity contribution < 1.29 is 14.6 Å². The molecule has 4 N–H and O–H groups in total. The molecule has 5 heteroatoms. The number of amides is 1. The van der Waals surface area contributed by atoms with Crippen LogP contribution >= 0.6 is 0 Å². The van der Waals surface area contributed by atoms with Gasteiger partial charge in [-0.15, -0.1) is 0 Å². The second-order valence-electron chi connectivity index (χ2n) is 5.62. The number of carbonyl (C=O) groups is 1. The van der Waals surface area contributed by atoms with E-state index in [9.17, 15) is 9.90 Å². The zero-order chi connectivity index (χ0) is 15.8. The first-order chi connectivity index (χ1) is 10.2. The number of primary amides is 1. The standard InChI is InChI=1S/C16H34N2O3/c1-2-3-4-5-6-9-12-21-14-15(19)13-18-11-8-7-10-16(17)20/h15,18-19H,2-14H2,1H3,(H2,17,20). The highest BCUT2D eigenvalue weighted by molar-refractivity contribution is 5.73. The van der Waals surface area contributed by atoms with Gasteiger partial charge in [0.05, 0.1) is 12.7 Å². The summed E-state index contributed by atoms with van der Waals surface area (Å²) in [6.07, 6.45) is 9.17. The summed E-state index contributed by atoms with van der Waals surface area (Å²) in [6, 6.07) is 0. The van der Waals surface area contributed by atoms with Gasteiger partial charge in [-0.25, -0.2) is 0 Å². The smallest absolute Gasteiger partial charge is 0.217 e. The van der Waals surface area contributed by atoms with E-state index in [0.29, 0.717) is 19.6 Å². The minimum absolute atomic E-state index is 0.252. The van der Waals surface area contributed by atoms with Gasteiger partial charge < -0.3 is 20.9 Å². The highest BCUT2D eigenvalue weighted by atomic mass is 16.5. The number of carbonyl (C=O) groups excluding carboxylic acids is 1. The molecular weight excluding hydrogens is 268 g/mol. The first-order valence-corrected chi connectivity index (χ1v) is 8.41. The SMILES string of the molecule is CCCCCCCCOCC(O)CNCCCCC(N)=O. The maximum absolute atomic E-state index is 10.5. The first-order valence-electron chi connectivity index (χ1n) is 8.41. The van der Waals surface area contributed by atoms with Gasteiger partial charge in [0.15, 0.2) is 0 Å². The summed E-state index contributed by atoms with van der Waals surface area (Å²) < 4.78 is 5.46. The number of nitrogens with one attached hydrogen (secondary N) is 1. The van der Waals surface area contributed by atoms with Crippen LogP contribution < -0.4 is 11.1 Å². The molecule has 1 unspecified atom stereocenters. The quantitative estimate of drug-likeness (QED) is 0.381. The molecule has 0 aromatic rings. The number of unbranched alkanes of at least 4 members (excludes halogenated alkanes) is 6. The topological polar surface area (TPSA) is 84.6 Å². The van der Waals surface area contributed by atoms with Crippen molar-refractivity contribution in [2.75, 3.05) is 26.3 Å². The number of rotatable bonds is 16. The van der Waals surface area contributed by atoms with E-state index in [1.54, 1.807) is 0 Å². The van der Waals surface area contributed by atoms with Crippen molar-refractivity contribution in [1.29, 1.82) is 0 Å². The van der Waals surface area contributed by atoms with E-state index < -0.39 is 6.10 Å². The largest absolute Gasteiger partial charge is 0.389 e. The molecule has 1 atom stereocenters. The molecule has 0 spiro atoms. The van der Waals surface area contributed by atoms with Crippen molar-refractivity contribution in [3.05, 3.63) is 0 Å². The van der Waals surface area contributed by atoms with Gasteiger partial charge in [-0.3, -0.25) is 4.79 Å². The van der Waals surface area contributed by atoms with Gasteiger partial charge in [0.25, 0.3) is 0 Å². The van der Waals surface area contributed by atoms with Crippen LogP contribution in [0.5, 0.6) is 0 Å². The maximum Gasteiger partial charge on any atom is 0.217 e. The zero-order valence-electron chi connectivity index (χ0n) is 13.6. The van der Waals surface area contributed by atoms with Crippen LogP contribution in [0.1, 0.15) is 64.7 Å². The third-order valence-corrected chi connectivity index (χ3v) is 3.36. The van der Waals surface area contributed by atoms with Gasteiger partial charge >= 0.3 is 0 Å². The Morgan fingerprint density at radius 3 is 2.57 bits per heavy atom. The first kappa shape index (κ1) is 20.3. The van der Waals surface area contributed by atoms with Crippen molar-refractivity contribution in [3.8, 4) is 0 Å². The average Bonchev–Trinajstić information content (AvgIpc) is 2.45. The van der Waals surface area contributed by atoms with Crippen molar-refractivity contribution in [1.82, 2.24) is 5.32 Å². The number of aliphatic hydroxyl groups excluding tert-OH is 1. The minimum atomic E-state index is -0.457. The van der Waals surface area contributed by atoms with Gasteiger partial charge in [0.1, 0.15) is 0 Å². The Balaban J connectivity index is 3.16. The summed E-state index contributed by atoms with van der Waals surface area (Å²) in [7, 11) is 0. The van der Waals surface area contributed by atoms with Gasteiger partial charge in [0.2, 0.25) is 5.91 Å². The van der Waals surface area contributed by atoms with Crippen LogP contribution in [0.15, 0.2) is 0 Å². The molecule has 0 aliphatic heterocycles. The molecule has 0 fully saturated rings. The third kappa shape index (κ3) is 17.3. The number of ether oxygens (including phenoxy) is 1. The summed E-state index contributed by atoms with van der Waals surface area (Å²) in [6.45, 7) is 4.68. The summed E-state index contributed by atoms with van der Waals surface area (Å²) in [5.74, 6) is -0.252. The van der Waals surface area contributed by atoms with E-state index >= 15 is 0 Å². The lowest BCUT2D eigenvalue weighted by atomic mass is 10.1. The summed E-state index contributed by atoms with van der Waals surface area (Å²) in [4.78, 5) is 10.5. The highest BCUT2D eigenvalue weighted by Crippen LogP contribution is 2.04. The Hall–Kier alpha value is -0.650. The molecule has 0 radical (unpaired) electrons.